The molecule has 1 rings (SSSR count). The highest BCUT2D eigenvalue weighted by Gasteiger charge is 2.05. The van der Waals surface area contributed by atoms with Crippen LogP contribution in [0.15, 0.2) is 6.20 Å². The van der Waals surface area contributed by atoms with Gasteiger partial charge in [-0.15, -0.1) is 5.10 Å². The molecule has 0 atom stereocenters. The Balaban J connectivity index is 2.22. The topological polar surface area (TPSA) is 101 Å². The van der Waals surface area contributed by atoms with Crippen molar-refractivity contribution in [2.24, 2.45) is 0 Å². The molecule has 3 N–H and O–H groups in total. The average Bonchev–Trinajstić information content (AvgIpc) is 2.82. The molecular formula is C12H22N6O2. The van der Waals surface area contributed by atoms with E-state index >= 15 is 0 Å². The molecule has 0 unspecified atom stereocenters. The van der Waals surface area contributed by atoms with Crippen molar-refractivity contribution in [2.45, 2.75) is 33.4 Å². The van der Waals surface area contributed by atoms with Crippen LogP contribution in [0, 0.1) is 0 Å². The summed E-state index contributed by atoms with van der Waals surface area (Å²) in [6, 6.07) is 0. The molecule has 20 heavy (non-hydrogen) atoms. The smallest absolute Gasteiger partial charge is 0.241 e. The number of nitrogens with one attached hydrogen (secondary N) is 3. The molecule has 1 heterocycles. The van der Waals surface area contributed by atoms with Gasteiger partial charge in [-0.3, -0.25) is 9.59 Å². The van der Waals surface area contributed by atoms with E-state index in [4.69, 9.17) is 0 Å². The summed E-state index contributed by atoms with van der Waals surface area (Å²) in [6.07, 6.45) is 2.81. The Bertz CT molecular complexity index is 431. The predicted molar refractivity (Wildman–Crippen MR) is 73.7 cm³/mol. The lowest BCUT2D eigenvalue weighted by atomic mass is 10.4. The minimum Gasteiger partial charge on any atom is -0.355 e. The molecule has 0 aromatic carbocycles. The standard InChI is InChI=1S/C12H22N6O2/c1-3-4-13-7-11-8-18(17-16-11)9-12(20)15-6-5-14-10(2)19/h8,13H,3-7,9H2,1-2H3,(H,14,19)(H,15,20). The van der Waals surface area contributed by atoms with Gasteiger partial charge in [0.25, 0.3) is 0 Å². The van der Waals surface area contributed by atoms with Gasteiger partial charge in [-0.25, -0.2) is 4.68 Å². The maximum Gasteiger partial charge on any atom is 0.241 e. The first kappa shape index (κ1) is 16.1. The van der Waals surface area contributed by atoms with Gasteiger partial charge in [0.15, 0.2) is 0 Å². The third-order valence-electron chi connectivity index (χ3n) is 2.45. The highest BCUT2D eigenvalue weighted by atomic mass is 16.2. The highest BCUT2D eigenvalue weighted by molar-refractivity contribution is 5.76. The maximum absolute atomic E-state index is 11.6. The van der Waals surface area contributed by atoms with E-state index in [2.05, 4.69) is 33.2 Å². The fraction of sp³-hybridized carbons (Fsp3) is 0.667. The van der Waals surface area contributed by atoms with Gasteiger partial charge in [0.05, 0.1) is 11.9 Å². The molecule has 0 spiro atoms. The Morgan fingerprint density at radius 3 is 2.70 bits per heavy atom. The van der Waals surface area contributed by atoms with Crippen molar-refractivity contribution in [2.75, 3.05) is 19.6 Å². The SMILES string of the molecule is CCCNCc1cn(CC(=O)NCCNC(C)=O)nn1. The van der Waals surface area contributed by atoms with Crippen LogP contribution in [0.4, 0.5) is 0 Å². The third-order valence-corrected chi connectivity index (χ3v) is 2.45. The van der Waals surface area contributed by atoms with Crippen molar-refractivity contribution < 1.29 is 9.59 Å². The van der Waals surface area contributed by atoms with Crippen molar-refractivity contribution in [1.82, 2.24) is 30.9 Å². The van der Waals surface area contributed by atoms with Crippen molar-refractivity contribution >= 4 is 11.8 Å². The van der Waals surface area contributed by atoms with E-state index in [0.717, 1.165) is 18.7 Å². The molecule has 1 aromatic rings. The molecule has 0 aliphatic heterocycles. The monoisotopic (exact) mass is 282 g/mol. The van der Waals surface area contributed by atoms with Crippen molar-refractivity contribution in [3.05, 3.63) is 11.9 Å². The van der Waals surface area contributed by atoms with Crippen LogP contribution in [-0.2, 0) is 22.7 Å². The summed E-state index contributed by atoms with van der Waals surface area (Å²) in [4.78, 5) is 22.2. The van der Waals surface area contributed by atoms with Crippen molar-refractivity contribution in [3.8, 4) is 0 Å². The predicted octanol–water partition coefficient (Wildman–Crippen LogP) is -0.970. The number of carbonyl (C=O) groups excluding carboxylic acids is 2. The van der Waals surface area contributed by atoms with Gasteiger partial charge in [0, 0.05) is 26.6 Å². The molecule has 112 valence electrons. The van der Waals surface area contributed by atoms with Gasteiger partial charge in [0.1, 0.15) is 6.54 Å². The Labute approximate surface area is 118 Å². The Morgan fingerprint density at radius 1 is 1.25 bits per heavy atom. The van der Waals surface area contributed by atoms with Gasteiger partial charge in [-0.2, -0.15) is 0 Å². The van der Waals surface area contributed by atoms with Crippen LogP contribution in [0.1, 0.15) is 26.0 Å². The number of aromatic nitrogens is 3. The maximum atomic E-state index is 11.6. The minimum absolute atomic E-state index is 0.111. The molecule has 0 radical (unpaired) electrons. The summed E-state index contributed by atoms with van der Waals surface area (Å²) < 4.78 is 1.50. The van der Waals surface area contributed by atoms with Gasteiger partial charge in [-0.1, -0.05) is 12.1 Å². The molecule has 1 aromatic heterocycles. The number of amides is 2. The molecule has 8 heteroatoms. The minimum atomic E-state index is -0.159. The number of nitrogens with zero attached hydrogens (tertiary/aromatic N) is 3. The molecular weight excluding hydrogens is 260 g/mol. The average molecular weight is 282 g/mol. The van der Waals surface area contributed by atoms with Crippen molar-refractivity contribution in [1.29, 1.82) is 0 Å². The lowest BCUT2D eigenvalue weighted by Gasteiger charge is -2.05. The van der Waals surface area contributed by atoms with Crippen LogP contribution >= 0.6 is 0 Å². The summed E-state index contributed by atoms with van der Waals surface area (Å²) >= 11 is 0. The molecule has 0 fully saturated rings. The van der Waals surface area contributed by atoms with E-state index in [0.29, 0.717) is 19.6 Å². The van der Waals surface area contributed by atoms with E-state index in [1.54, 1.807) is 6.20 Å². The molecule has 0 saturated heterocycles. The second kappa shape index (κ2) is 9.03. The highest BCUT2D eigenvalue weighted by Crippen LogP contribution is 1.92. The van der Waals surface area contributed by atoms with Crippen LogP contribution in [-0.4, -0.2) is 46.4 Å². The first-order valence-electron chi connectivity index (χ1n) is 6.72. The van der Waals surface area contributed by atoms with Crippen LogP contribution in [0.25, 0.3) is 0 Å². The molecule has 0 bridgehead atoms. The number of rotatable bonds is 9. The number of carbonyl (C=O) groups is 2. The third kappa shape index (κ3) is 6.83. The lowest BCUT2D eigenvalue weighted by Crippen LogP contribution is -2.35. The second-order valence-corrected chi connectivity index (χ2v) is 4.42. The van der Waals surface area contributed by atoms with E-state index < -0.39 is 0 Å². The van der Waals surface area contributed by atoms with Crippen LogP contribution in [0.2, 0.25) is 0 Å². The van der Waals surface area contributed by atoms with Crippen LogP contribution in [0.3, 0.4) is 0 Å². The Hall–Kier alpha value is -1.96. The first-order chi connectivity index (χ1) is 9.61. The molecule has 0 saturated carbocycles. The van der Waals surface area contributed by atoms with E-state index in [1.807, 2.05) is 0 Å². The fourth-order valence-corrected chi connectivity index (χ4v) is 1.53. The van der Waals surface area contributed by atoms with Gasteiger partial charge < -0.3 is 16.0 Å². The van der Waals surface area contributed by atoms with E-state index in [1.165, 1.54) is 11.6 Å². The molecule has 8 nitrogen and oxygen atoms in total. The summed E-state index contributed by atoms with van der Waals surface area (Å²) in [5.41, 5.74) is 0.810. The van der Waals surface area contributed by atoms with E-state index in [9.17, 15) is 9.59 Å². The zero-order valence-electron chi connectivity index (χ0n) is 12.0. The Morgan fingerprint density at radius 2 is 2.00 bits per heavy atom. The van der Waals surface area contributed by atoms with Crippen molar-refractivity contribution in [3.63, 3.8) is 0 Å². The molecule has 0 aliphatic carbocycles. The van der Waals surface area contributed by atoms with Gasteiger partial charge in [-0.05, 0) is 13.0 Å². The van der Waals surface area contributed by atoms with Gasteiger partial charge >= 0.3 is 0 Å². The molecule has 0 aliphatic rings. The lowest BCUT2D eigenvalue weighted by molar-refractivity contribution is -0.122. The first-order valence-corrected chi connectivity index (χ1v) is 6.72. The fourth-order valence-electron chi connectivity index (χ4n) is 1.53. The summed E-state index contributed by atoms with van der Waals surface area (Å²) in [7, 11) is 0. The van der Waals surface area contributed by atoms with Crippen LogP contribution < -0.4 is 16.0 Å². The Kier molecular flexibility index (Phi) is 7.26. The van der Waals surface area contributed by atoms with Crippen LogP contribution in [0.5, 0.6) is 0 Å². The summed E-state index contributed by atoms with van der Waals surface area (Å²) in [5, 5.41) is 16.4. The number of hydrogen-bond acceptors (Lipinski definition) is 5. The zero-order valence-corrected chi connectivity index (χ0v) is 12.0. The zero-order chi connectivity index (χ0) is 14.8. The largest absolute Gasteiger partial charge is 0.355 e. The summed E-state index contributed by atoms with van der Waals surface area (Å²) in [5.74, 6) is -0.270. The van der Waals surface area contributed by atoms with E-state index in [-0.39, 0.29) is 18.4 Å². The second-order valence-electron chi connectivity index (χ2n) is 4.42. The summed E-state index contributed by atoms with van der Waals surface area (Å²) in [6.45, 7) is 6.05. The van der Waals surface area contributed by atoms with Gasteiger partial charge in [0.2, 0.25) is 11.8 Å². The quantitative estimate of drug-likeness (QED) is 0.506. The molecule has 2 amide bonds. The normalized spacial score (nSPS) is 10.3. The number of hydrogen-bond donors (Lipinski definition) is 3.